The molecule has 0 spiro atoms. The molecule has 0 bridgehead atoms. The van der Waals surface area contributed by atoms with Crippen LogP contribution in [0, 0.1) is 0 Å². The van der Waals surface area contributed by atoms with E-state index in [4.69, 9.17) is 4.74 Å². The van der Waals surface area contributed by atoms with Crippen LogP contribution in [-0.2, 0) is 4.79 Å². The van der Waals surface area contributed by atoms with Crippen LogP contribution < -0.4 is 15.4 Å². The summed E-state index contributed by atoms with van der Waals surface area (Å²) >= 11 is 0. The molecule has 0 saturated carbocycles. The van der Waals surface area contributed by atoms with Crippen molar-refractivity contribution >= 4 is 17.5 Å². The number of anilines is 1. The first-order chi connectivity index (χ1) is 14.5. The zero-order chi connectivity index (χ0) is 21.3. The summed E-state index contributed by atoms with van der Waals surface area (Å²) in [5.74, 6) is 0.170. The van der Waals surface area contributed by atoms with E-state index in [0.717, 1.165) is 17.5 Å². The third kappa shape index (κ3) is 5.95. The van der Waals surface area contributed by atoms with Crippen LogP contribution >= 0.6 is 0 Å². The quantitative estimate of drug-likeness (QED) is 0.563. The molecule has 1 unspecified atom stereocenters. The molecule has 0 radical (unpaired) electrons. The average Bonchev–Trinajstić information content (AvgIpc) is 2.78. The first-order valence-corrected chi connectivity index (χ1v) is 10.0. The van der Waals surface area contributed by atoms with Crippen molar-refractivity contribution in [2.75, 3.05) is 11.9 Å². The average molecular weight is 402 g/mol. The first kappa shape index (κ1) is 21.1. The van der Waals surface area contributed by atoms with Gasteiger partial charge in [-0.25, -0.2) is 0 Å². The lowest BCUT2D eigenvalue weighted by molar-refractivity contribution is -0.118. The summed E-state index contributed by atoms with van der Waals surface area (Å²) in [7, 11) is 0. The van der Waals surface area contributed by atoms with Crippen LogP contribution in [-0.4, -0.2) is 24.5 Å². The topological polar surface area (TPSA) is 67.4 Å². The fourth-order valence-electron chi connectivity index (χ4n) is 2.87. The van der Waals surface area contributed by atoms with E-state index in [1.807, 2.05) is 68.4 Å². The number of nitrogens with one attached hydrogen (secondary N) is 2. The lowest BCUT2D eigenvalue weighted by atomic mass is 10.1. The summed E-state index contributed by atoms with van der Waals surface area (Å²) in [4.78, 5) is 24.5. The fraction of sp³-hybridized carbons (Fsp3) is 0.200. The largest absolute Gasteiger partial charge is 0.484 e. The summed E-state index contributed by atoms with van der Waals surface area (Å²) in [5, 5.41) is 5.68. The van der Waals surface area contributed by atoms with Gasteiger partial charge in [0, 0.05) is 17.3 Å². The van der Waals surface area contributed by atoms with E-state index in [2.05, 4.69) is 10.6 Å². The van der Waals surface area contributed by atoms with Crippen LogP contribution in [0.5, 0.6) is 5.75 Å². The highest BCUT2D eigenvalue weighted by Crippen LogP contribution is 2.22. The van der Waals surface area contributed by atoms with E-state index >= 15 is 0 Å². The number of benzene rings is 3. The summed E-state index contributed by atoms with van der Waals surface area (Å²) in [6.07, 6.45) is 0.853. The summed E-state index contributed by atoms with van der Waals surface area (Å²) in [6, 6.07) is 24.6. The Hall–Kier alpha value is -3.60. The second-order valence-electron chi connectivity index (χ2n) is 7.09. The molecule has 0 aliphatic heterocycles. The Kier molecular flexibility index (Phi) is 7.22. The van der Waals surface area contributed by atoms with Crippen molar-refractivity contribution in [1.29, 1.82) is 0 Å². The van der Waals surface area contributed by atoms with Gasteiger partial charge in [0.05, 0.1) is 0 Å². The van der Waals surface area contributed by atoms with Crippen LogP contribution in [0.1, 0.15) is 30.6 Å². The highest BCUT2D eigenvalue weighted by Gasteiger charge is 2.10. The van der Waals surface area contributed by atoms with Gasteiger partial charge >= 0.3 is 0 Å². The predicted molar refractivity (Wildman–Crippen MR) is 120 cm³/mol. The normalized spacial score (nSPS) is 11.4. The van der Waals surface area contributed by atoms with E-state index in [0.29, 0.717) is 17.0 Å². The van der Waals surface area contributed by atoms with Crippen LogP contribution in [0.4, 0.5) is 5.69 Å². The van der Waals surface area contributed by atoms with Crippen LogP contribution in [0.15, 0.2) is 78.9 Å². The molecule has 0 aliphatic rings. The maximum atomic E-state index is 12.2. The van der Waals surface area contributed by atoms with Gasteiger partial charge in [-0.2, -0.15) is 0 Å². The monoisotopic (exact) mass is 402 g/mol. The molecular formula is C25H26N2O3. The van der Waals surface area contributed by atoms with Gasteiger partial charge in [0.1, 0.15) is 5.75 Å². The smallest absolute Gasteiger partial charge is 0.262 e. The summed E-state index contributed by atoms with van der Waals surface area (Å²) < 4.78 is 5.58. The van der Waals surface area contributed by atoms with E-state index in [-0.39, 0.29) is 24.5 Å². The Balaban J connectivity index is 1.53. The molecule has 1 atom stereocenters. The Morgan fingerprint density at radius 2 is 1.60 bits per heavy atom. The van der Waals surface area contributed by atoms with Crippen molar-refractivity contribution in [1.82, 2.24) is 5.32 Å². The number of amides is 2. The number of carbonyl (C=O) groups is 2. The lowest BCUT2D eigenvalue weighted by Gasteiger charge is -2.12. The molecule has 0 heterocycles. The van der Waals surface area contributed by atoms with Gasteiger partial charge in [-0.05, 0) is 54.8 Å². The number of hydrogen-bond donors (Lipinski definition) is 2. The van der Waals surface area contributed by atoms with E-state index in [9.17, 15) is 9.59 Å². The highest BCUT2D eigenvalue weighted by atomic mass is 16.5. The van der Waals surface area contributed by atoms with Crippen molar-refractivity contribution in [3.05, 3.63) is 84.4 Å². The molecule has 0 fully saturated rings. The second kappa shape index (κ2) is 10.3. The maximum absolute atomic E-state index is 12.2. The van der Waals surface area contributed by atoms with Crippen molar-refractivity contribution in [2.24, 2.45) is 0 Å². The molecule has 2 N–H and O–H groups in total. The van der Waals surface area contributed by atoms with Crippen molar-refractivity contribution < 1.29 is 14.3 Å². The Morgan fingerprint density at radius 3 is 2.30 bits per heavy atom. The minimum Gasteiger partial charge on any atom is -0.484 e. The third-order valence-electron chi connectivity index (χ3n) is 4.73. The summed E-state index contributed by atoms with van der Waals surface area (Å²) in [6.45, 7) is 3.85. The number of carbonyl (C=O) groups excluding carboxylic acids is 2. The molecule has 5 nitrogen and oxygen atoms in total. The van der Waals surface area contributed by atoms with Gasteiger partial charge in [-0.1, -0.05) is 55.5 Å². The van der Waals surface area contributed by atoms with E-state index < -0.39 is 0 Å². The third-order valence-corrected chi connectivity index (χ3v) is 4.73. The highest BCUT2D eigenvalue weighted by molar-refractivity contribution is 5.97. The molecule has 0 aromatic heterocycles. The molecule has 3 aromatic rings. The minimum absolute atomic E-state index is 0.0948. The SMILES string of the molecule is CCC(C)NC(=O)c1cccc(NC(=O)COc2ccc(-c3ccccc3)cc2)c1. The Morgan fingerprint density at radius 1 is 0.900 bits per heavy atom. The number of hydrogen-bond acceptors (Lipinski definition) is 3. The van der Waals surface area contributed by atoms with Gasteiger partial charge in [0.15, 0.2) is 6.61 Å². The molecule has 30 heavy (non-hydrogen) atoms. The molecule has 0 aliphatic carbocycles. The van der Waals surface area contributed by atoms with Gasteiger partial charge in [0.2, 0.25) is 0 Å². The molecule has 154 valence electrons. The van der Waals surface area contributed by atoms with Gasteiger partial charge in [-0.15, -0.1) is 0 Å². The molecule has 3 rings (SSSR count). The standard InChI is InChI=1S/C25H26N2O3/c1-3-18(2)26-25(29)21-10-7-11-22(16-21)27-24(28)17-30-23-14-12-20(13-15-23)19-8-5-4-6-9-19/h4-16,18H,3,17H2,1-2H3,(H,26,29)(H,27,28). The zero-order valence-corrected chi connectivity index (χ0v) is 17.2. The van der Waals surface area contributed by atoms with Gasteiger partial charge < -0.3 is 15.4 Å². The van der Waals surface area contributed by atoms with Gasteiger partial charge in [-0.3, -0.25) is 9.59 Å². The van der Waals surface area contributed by atoms with Crippen molar-refractivity contribution in [3.63, 3.8) is 0 Å². The lowest BCUT2D eigenvalue weighted by Crippen LogP contribution is -2.32. The second-order valence-corrected chi connectivity index (χ2v) is 7.09. The Labute approximate surface area is 177 Å². The molecule has 3 aromatic carbocycles. The zero-order valence-electron chi connectivity index (χ0n) is 17.2. The van der Waals surface area contributed by atoms with Crippen molar-refractivity contribution in [2.45, 2.75) is 26.3 Å². The molecular weight excluding hydrogens is 376 g/mol. The van der Waals surface area contributed by atoms with Crippen LogP contribution in [0.3, 0.4) is 0 Å². The van der Waals surface area contributed by atoms with Gasteiger partial charge in [0.25, 0.3) is 11.8 Å². The fourth-order valence-corrected chi connectivity index (χ4v) is 2.87. The van der Waals surface area contributed by atoms with E-state index in [1.165, 1.54) is 0 Å². The molecule has 2 amide bonds. The van der Waals surface area contributed by atoms with E-state index in [1.54, 1.807) is 24.3 Å². The maximum Gasteiger partial charge on any atom is 0.262 e. The number of rotatable bonds is 8. The van der Waals surface area contributed by atoms with Crippen LogP contribution in [0.2, 0.25) is 0 Å². The number of ether oxygens (including phenoxy) is 1. The first-order valence-electron chi connectivity index (χ1n) is 10.0. The molecule has 0 saturated heterocycles. The predicted octanol–water partition coefficient (Wildman–Crippen LogP) is 4.90. The van der Waals surface area contributed by atoms with Crippen LogP contribution in [0.25, 0.3) is 11.1 Å². The van der Waals surface area contributed by atoms with Crippen molar-refractivity contribution in [3.8, 4) is 16.9 Å². The summed E-state index contributed by atoms with van der Waals surface area (Å²) in [5.41, 5.74) is 3.27. The Bertz CT molecular complexity index is 985. The molecule has 5 heteroatoms. The minimum atomic E-state index is -0.290.